The lowest BCUT2D eigenvalue weighted by atomic mass is 9.85. The average molecular weight is 353 g/mol. The standard InChI is InChI=1S/C19H23N5O2/c25-18-9-13-5-2-6-14(13)23-24(18)16-11-26-10-15(16)21-17-7-8-20-19(22-17)12-3-1-4-12/h7-9,12,15-16H,1-6,10-11H2,(H,20,21,22). The van der Waals surface area contributed by atoms with Gasteiger partial charge in [0, 0.05) is 18.2 Å². The van der Waals surface area contributed by atoms with Gasteiger partial charge in [0.2, 0.25) is 0 Å². The first-order chi connectivity index (χ1) is 12.8. The van der Waals surface area contributed by atoms with Crippen molar-refractivity contribution in [2.45, 2.75) is 56.5 Å². The van der Waals surface area contributed by atoms with Crippen molar-refractivity contribution in [1.82, 2.24) is 19.7 Å². The molecule has 5 rings (SSSR count). The van der Waals surface area contributed by atoms with Crippen LogP contribution in [0.3, 0.4) is 0 Å². The average Bonchev–Trinajstić information content (AvgIpc) is 3.21. The Labute approximate surface area is 151 Å². The van der Waals surface area contributed by atoms with E-state index in [0.717, 1.165) is 42.2 Å². The molecule has 7 nitrogen and oxygen atoms in total. The van der Waals surface area contributed by atoms with Gasteiger partial charge in [-0.25, -0.2) is 14.6 Å². The molecule has 1 aliphatic heterocycles. The molecule has 3 aliphatic rings. The molecule has 0 bridgehead atoms. The van der Waals surface area contributed by atoms with E-state index in [2.05, 4.69) is 20.4 Å². The number of ether oxygens (including phenoxy) is 1. The predicted molar refractivity (Wildman–Crippen MR) is 96.4 cm³/mol. The predicted octanol–water partition coefficient (Wildman–Crippen LogP) is 1.84. The largest absolute Gasteiger partial charge is 0.377 e. The van der Waals surface area contributed by atoms with Crippen molar-refractivity contribution < 1.29 is 4.74 Å². The second-order valence-corrected chi connectivity index (χ2v) is 7.54. The molecule has 1 saturated carbocycles. The number of aromatic nitrogens is 4. The van der Waals surface area contributed by atoms with Crippen molar-refractivity contribution in [2.24, 2.45) is 0 Å². The monoisotopic (exact) mass is 353 g/mol. The molecular weight excluding hydrogens is 330 g/mol. The Morgan fingerprint density at radius 2 is 2.12 bits per heavy atom. The van der Waals surface area contributed by atoms with E-state index < -0.39 is 0 Å². The van der Waals surface area contributed by atoms with Crippen LogP contribution in [0.5, 0.6) is 0 Å². The van der Waals surface area contributed by atoms with E-state index in [1.54, 1.807) is 10.7 Å². The Bertz CT molecular complexity index is 876. The SMILES string of the molecule is O=c1cc2c(nn1C1COCC1Nc1ccnc(C3CCC3)n1)CCC2. The summed E-state index contributed by atoms with van der Waals surface area (Å²) in [6.07, 6.45) is 8.43. The van der Waals surface area contributed by atoms with Gasteiger partial charge in [-0.15, -0.1) is 0 Å². The van der Waals surface area contributed by atoms with Crippen molar-refractivity contribution in [3.05, 3.63) is 45.8 Å². The van der Waals surface area contributed by atoms with Gasteiger partial charge in [0.05, 0.1) is 24.9 Å². The van der Waals surface area contributed by atoms with Crippen LogP contribution in [-0.2, 0) is 17.6 Å². The van der Waals surface area contributed by atoms with Gasteiger partial charge in [-0.2, -0.15) is 5.10 Å². The number of anilines is 1. The number of nitrogens with one attached hydrogen (secondary N) is 1. The van der Waals surface area contributed by atoms with Crippen LogP contribution in [0.1, 0.15) is 54.7 Å². The van der Waals surface area contributed by atoms with Crippen molar-refractivity contribution in [1.29, 1.82) is 0 Å². The van der Waals surface area contributed by atoms with Gasteiger partial charge < -0.3 is 10.1 Å². The lowest BCUT2D eigenvalue weighted by molar-refractivity contribution is 0.182. The zero-order valence-electron chi connectivity index (χ0n) is 14.7. The number of hydrogen-bond donors (Lipinski definition) is 1. The van der Waals surface area contributed by atoms with Crippen LogP contribution in [0.4, 0.5) is 5.82 Å². The Balaban J connectivity index is 1.39. The van der Waals surface area contributed by atoms with Crippen LogP contribution >= 0.6 is 0 Å². The second-order valence-electron chi connectivity index (χ2n) is 7.54. The van der Waals surface area contributed by atoms with E-state index in [1.807, 2.05) is 12.3 Å². The summed E-state index contributed by atoms with van der Waals surface area (Å²) in [5.41, 5.74) is 2.13. The van der Waals surface area contributed by atoms with Crippen molar-refractivity contribution in [3.8, 4) is 0 Å². The summed E-state index contributed by atoms with van der Waals surface area (Å²) in [6, 6.07) is 3.50. The highest BCUT2D eigenvalue weighted by atomic mass is 16.5. The number of hydrogen-bond acceptors (Lipinski definition) is 6. The van der Waals surface area contributed by atoms with Crippen molar-refractivity contribution >= 4 is 5.82 Å². The van der Waals surface area contributed by atoms with E-state index in [9.17, 15) is 4.79 Å². The highest BCUT2D eigenvalue weighted by Crippen LogP contribution is 2.34. The lowest BCUT2D eigenvalue weighted by Crippen LogP contribution is -2.38. The fourth-order valence-corrected chi connectivity index (χ4v) is 4.08. The maximum absolute atomic E-state index is 12.5. The molecule has 2 aliphatic carbocycles. The smallest absolute Gasteiger partial charge is 0.267 e. The molecule has 1 N–H and O–H groups in total. The molecular formula is C19H23N5O2. The first-order valence-corrected chi connectivity index (χ1v) is 9.57. The molecule has 7 heteroatoms. The van der Waals surface area contributed by atoms with Gasteiger partial charge in [-0.3, -0.25) is 4.79 Å². The molecule has 26 heavy (non-hydrogen) atoms. The minimum Gasteiger partial charge on any atom is -0.377 e. The molecule has 0 spiro atoms. The van der Waals surface area contributed by atoms with Gasteiger partial charge >= 0.3 is 0 Å². The summed E-state index contributed by atoms with van der Waals surface area (Å²) in [4.78, 5) is 21.6. The normalized spacial score (nSPS) is 25.1. The Morgan fingerprint density at radius 3 is 2.96 bits per heavy atom. The van der Waals surface area contributed by atoms with Crippen LogP contribution < -0.4 is 10.9 Å². The van der Waals surface area contributed by atoms with Crippen LogP contribution in [-0.4, -0.2) is 39.0 Å². The molecule has 136 valence electrons. The molecule has 0 radical (unpaired) electrons. The number of rotatable bonds is 4. The third-order valence-electron chi connectivity index (χ3n) is 5.82. The quantitative estimate of drug-likeness (QED) is 0.903. The highest BCUT2D eigenvalue weighted by molar-refractivity contribution is 5.36. The second kappa shape index (κ2) is 6.46. The molecule has 0 amide bonds. The summed E-state index contributed by atoms with van der Waals surface area (Å²) in [5, 5.41) is 8.10. The van der Waals surface area contributed by atoms with Gasteiger partial charge in [-0.1, -0.05) is 6.42 Å². The number of fused-ring (bicyclic) bond motifs is 1. The van der Waals surface area contributed by atoms with Crippen LogP contribution in [0.25, 0.3) is 0 Å². The summed E-state index contributed by atoms with van der Waals surface area (Å²) in [6.45, 7) is 1.03. The third kappa shape index (κ3) is 2.80. The molecule has 3 heterocycles. The maximum Gasteiger partial charge on any atom is 0.267 e. The van der Waals surface area contributed by atoms with E-state index >= 15 is 0 Å². The fraction of sp³-hybridized carbons (Fsp3) is 0.579. The molecule has 2 unspecified atom stereocenters. The first-order valence-electron chi connectivity index (χ1n) is 9.57. The minimum atomic E-state index is -0.115. The molecule has 2 fully saturated rings. The molecule has 1 saturated heterocycles. The van der Waals surface area contributed by atoms with Gasteiger partial charge in [-0.05, 0) is 43.7 Å². The Hall–Kier alpha value is -2.28. The summed E-state index contributed by atoms with van der Waals surface area (Å²) in [5.74, 6) is 2.22. The van der Waals surface area contributed by atoms with Crippen LogP contribution in [0.2, 0.25) is 0 Å². The van der Waals surface area contributed by atoms with E-state index in [-0.39, 0.29) is 17.6 Å². The van der Waals surface area contributed by atoms with E-state index in [1.165, 1.54) is 19.3 Å². The minimum absolute atomic E-state index is 0.0243. The molecule has 2 aromatic rings. The van der Waals surface area contributed by atoms with E-state index in [0.29, 0.717) is 19.1 Å². The van der Waals surface area contributed by atoms with Crippen LogP contribution in [0.15, 0.2) is 23.1 Å². The topological polar surface area (TPSA) is 81.9 Å². The molecule has 2 atom stereocenters. The number of aryl methyl sites for hydroxylation is 2. The van der Waals surface area contributed by atoms with E-state index in [4.69, 9.17) is 4.74 Å². The Morgan fingerprint density at radius 1 is 1.19 bits per heavy atom. The third-order valence-corrected chi connectivity index (χ3v) is 5.82. The highest BCUT2D eigenvalue weighted by Gasteiger charge is 2.33. The number of nitrogens with zero attached hydrogens (tertiary/aromatic N) is 4. The summed E-state index contributed by atoms with van der Waals surface area (Å²) >= 11 is 0. The van der Waals surface area contributed by atoms with Crippen molar-refractivity contribution in [3.63, 3.8) is 0 Å². The van der Waals surface area contributed by atoms with Gasteiger partial charge in [0.1, 0.15) is 17.7 Å². The molecule has 2 aromatic heterocycles. The zero-order chi connectivity index (χ0) is 17.5. The Kier molecular flexibility index (Phi) is 3.96. The zero-order valence-corrected chi connectivity index (χ0v) is 14.7. The van der Waals surface area contributed by atoms with Gasteiger partial charge in [0.15, 0.2) is 0 Å². The summed E-state index contributed by atoms with van der Waals surface area (Å²) in [7, 11) is 0. The van der Waals surface area contributed by atoms with Gasteiger partial charge in [0.25, 0.3) is 5.56 Å². The maximum atomic E-state index is 12.5. The van der Waals surface area contributed by atoms with Crippen molar-refractivity contribution in [2.75, 3.05) is 18.5 Å². The first kappa shape index (κ1) is 15.9. The fourth-order valence-electron chi connectivity index (χ4n) is 4.08. The lowest BCUT2D eigenvalue weighted by Gasteiger charge is -2.25. The van der Waals surface area contributed by atoms with Crippen LogP contribution in [0, 0.1) is 0 Å². The summed E-state index contributed by atoms with van der Waals surface area (Å²) < 4.78 is 7.29. The molecule has 0 aromatic carbocycles.